The van der Waals surface area contributed by atoms with Gasteiger partial charge in [-0.15, -0.1) is 0 Å². The molecule has 120 valence electrons. The predicted octanol–water partition coefficient (Wildman–Crippen LogP) is 2.77. The third-order valence-corrected chi connectivity index (χ3v) is 3.30. The molecule has 0 saturated carbocycles. The lowest BCUT2D eigenvalue weighted by atomic mass is 9.92. The summed E-state index contributed by atoms with van der Waals surface area (Å²) in [6.45, 7) is 5.07. The van der Waals surface area contributed by atoms with Crippen LogP contribution in [0.1, 0.15) is 30.9 Å². The molecule has 0 spiro atoms. The fourth-order valence-corrected chi connectivity index (χ4v) is 2.23. The molecular weight excluding hydrogens is 284 g/mol. The molecule has 0 fully saturated rings. The number of aryl methyl sites for hydroxylation is 1. The lowest BCUT2D eigenvalue weighted by molar-refractivity contribution is -0.145. The second-order valence-electron chi connectivity index (χ2n) is 4.95. The van der Waals surface area contributed by atoms with E-state index in [2.05, 4.69) is 4.74 Å². The summed E-state index contributed by atoms with van der Waals surface area (Å²) in [4.78, 5) is 22.5. The first kappa shape index (κ1) is 17.8. The fourth-order valence-electron chi connectivity index (χ4n) is 2.23. The second-order valence-corrected chi connectivity index (χ2v) is 4.95. The lowest BCUT2D eigenvalue weighted by Crippen LogP contribution is -2.20. The highest BCUT2D eigenvalue weighted by Gasteiger charge is 2.20. The first-order valence-electron chi connectivity index (χ1n) is 6.97. The van der Waals surface area contributed by atoms with Gasteiger partial charge in [0.25, 0.3) is 0 Å². The SMILES string of the molecule is COC(=O)/C=C/[C@H](c1ccc(OC)c(C)c1)[C@H](C)OC(C)=O. The average Bonchev–Trinajstić information content (AvgIpc) is 2.46. The summed E-state index contributed by atoms with van der Waals surface area (Å²) in [7, 11) is 2.92. The molecule has 0 aliphatic heterocycles. The zero-order valence-corrected chi connectivity index (χ0v) is 13.6. The zero-order valence-electron chi connectivity index (χ0n) is 13.6. The molecule has 0 aromatic heterocycles. The molecule has 0 heterocycles. The molecule has 22 heavy (non-hydrogen) atoms. The summed E-state index contributed by atoms with van der Waals surface area (Å²) in [5.74, 6) is -0.299. The van der Waals surface area contributed by atoms with E-state index in [9.17, 15) is 9.59 Å². The van der Waals surface area contributed by atoms with E-state index >= 15 is 0 Å². The van der Waals surface area contributed by atoms with Crippen LogP contribution in [0, 0.1) is 6.92 Å². The van der Waals surface area contributed by atoms with Gasteiger partial charge in [-0.1, -0.05) is 18.2 Å². The van der Waals surface area contributed by atoms with Crippen molar-refractivity contribution < 1.29 is 23.8 Å². The van der Waals surface area contributed by atoms with Crippen molar-refractivity contribution in [3.05, 3.63) is 41.5 Å². The molecule has 0 unspecified atom stereocenters. The van der Waals surface area contributed by atoms with E-state index in [0.717, 1.165) is 16.9 Å². The maximum atomic E-state index is 11.3. The Kier molecular flexibility index (Phi) is 6.63. The molecule has 0 aliphatic carbocycles. The van der Waals surface area contributed by atoms with Gasteiger partial charge >= 0.3 is 11.9 Å². The highest BCUT2D eigenvalue weighted by atomic mass is 16.5. The van der Waals surface area contributed by atoms with Gasteiger partial charge < -0.3 is 14.2 Å². The lowest BCUT2D eigenvalue weighted by Gasteiger charge is -2.22. The van der Waals surface area contributed by atoms with Crippen LogP contribution in [0.15, 0.2) is 30.4 Å². The van der Waals surface area contributed by atoms with E-state index in [-0.39, 0.29) is 11.9 Å². The molecule has 0 radical (unpaired) electrons. The Hall–Kier alpha value is -2.30. The first-order chi connectivity index (χ1) is 10.4. The van der Waals surface area contributed by atoms with E-state index in [4.69, 9.17) is 9.47 Å². The standard InChI is InChI=1S/C17H22O5/c1-11-10-14(6-8-16(11)20-4)15(7-9-17(19)21-5)12(2)22-13(3)18/h6-10,12,15H,1-5H3/b9-7+/t12-,15-/m0/s1. The van der Waals surface area contributed by atoms with Crippen LogP contribution in [0.2, 0.25) is 0 Å². The molecule has 5 heteroatoms. The summed E-state index contributed by atoms with van der Waals surface area (Å²) in [6, 6.07) is 5.69. The van der Waals surface area contributed by atoms with E-state index in [1.165, 1.54) is 20.1 Å². The first-order valence-corrected chi connectivity index (χ1v) is 6.97. The van der Waals surface area contributed by atoms with Crippen molar-refractivity contribution in [2.75, 3.05) is 14.2 Å². The van der Waals surface area contributed by atoms with Gasteiger partial charge in [0.2, 0.25) is 0 Å². The molecule has 5 nitrogen and oxygen atoms in total. The van der Waals surface area contributed by atoms with E-state index in [0.29, 0.717) is 0 Å². The van der Waals surface area contributed by atoms with Gasteiger partial charge in [0.05, 0.1) is 14.2 Å². The van der Waals surface area contributed by atoms with E-state index in [1.807, 2.05) is 25.1 Å². The largest absolute Gasteiger partial charge is 0.496 e. The van der Waals surface area contributed by atoms with Crippen molar-refractivity contribution in [2.45, 2.75) is 32.8 Å². The monoisotopic (exact) mass is 306 g/mol. The molecule has 0 saturated heterocycles. The number of rotatable bonds is 6. The molecule has 1 aromatic rings. The summed E-state index contributed by atoms with van der Waals surface area (Å²) in [5, 5.41) is 0. The molecule has 0 N–H and O–H groups in total. The third-order valence-electron chi connectivity index (χ3n) is 3.30. The Labute approximate surface area is 130 Å². The van der Waals surface area contributed by atoms with E-state index in [1.54, 1.807) is 20.1 Å². The van der Waals surface area contributed by atoms with Crippen LogP contribution in [0.25, 0.3) is 0 Å². The number of benzene rings is 1. The molecule has 2 atom stereocenters. The summed E-state index contributed by atoms with van der Waals surface area (Å²) >= 11 is 0. The minimum Gasteiger partial charge on any atom is -0.496 e. The summed E-state index contributed by atoms with van der Waals surface area (Å²) in [5.41, 5.74) is 1.89. The van der Waals surface area contributed by atoms with Crippen LogP contribution in [0.3, 0.4) is 0 Å². The predicted molar refractivity (Wildman–Crippen MR) is 82.9 cm³/mol. The van der Waals surface area contributed by atoms with Crippen molar-refractivity contribution >= 4 is 11.9 Å². The molecule has 0 amide bonds. The Bertz CT molecular complexity index is 562. The minimum atomic E-state index is -0.453. The van der Waals surface area contributed by atoms with Crippen LogP contribution in [-0.2, 0) is 19.1 Å². The van der Waals surface area contributed by atoms with Gasteiger partial charge in [0, 0.05) is 18.9 Å². The van der Waals surface area contributed by atoms with Gasteiger partial charge in [-0.05, 0) is 31.0 Å². The summed E-state index contributed by atoms with van der Waals surface area (Å²) in [6.07, 6.45) is 2.61. The van der Waals surface area contributed by atoms with Crippen LogP contribution >= 0.6 is 0 Å². The Morgan fingerprint density at radius 3 is 2.41 bits per heavy atom. The Balaban J connectivity index is 3.13. The third kappa shape index (κ3) is 4.91. The van der Waals surface area contributed by atoms with Gasteiger partial charge in [-0.25, -0.2) is 4.79 Å². The van der Waals surface area contributed by atoms with Crippen LogP contribution in [-0.4, -0.2) is 32.3 Å². The number of esters is 2. The maximum Gasteiger partial charge on any atom is 0.330 e. The Morgan fingerprint density at radius 2 is 1.91 bits per heavy atom. The number of carbonyl (C=O) groups is 2. The van der Waals surface area contributed by atoms with Gasteiger partial charge in [-0.3, -0.25) is 4.79 Å². The highest BCUT2D eigenvalue weighted by Crippen LogP contribution is 2.28. The van der Waals surface area contributed by atoms with Gasteiger partial charge in [0.15, 0.2) is 0 Å². The quantitative estimate of drug-likeness (QED) is 0.597. The van der Waals surface area contributed by atoms with Crippen molar-refractivity contribution in [2.24, 2.45) is 0 Å². The van der Waals surface area contributed by atoms with Crippen molar-refractivity contribution in [1.82, 2.24) is 0 Å². The summed E-state index contributed by atoms with van der Waals surface area (Å²) < 4.78 is 15.1. The van der Waals surface area contributed by atoms with Crippen LogP contribution in [0.5, 0.6) is 5.75 Å². The molecule has 1 aromatic carbocycles. The van der Waals surface area contributed by atoms with Crippen LogP contribution < -0.4 is 4.74 Å². The van der Waals surface area contributed by atoms with Crippen molar-refractivity contribution in [1.29, 1.82) is 0 Å². The normalized spacial score (nSPS) is 13.5. The van der Waals surface area contributed by atoms with E-state index < -0.39 is 12.1 Å². The zero-order chi connectivity index (χ0) is 16.7. The number of hydrogen-bond donors (Lipinski definition) is 0. The molecule has 0 aliphatic rings. The molecular formula is C17H22O5. The highest BCUT2D eigenvalue weighted by molar-refractivity contribution is 5.82. The average molecular weight is 306 g/mol. The van der Waals surface area contributed by atoms with Crippen LogP contribution in [0.4, 0.5) is 0 Å². The molecule has 0 bridgehead atoms. The maximum absolute atomic E-state index is 11.3. The smallest absolute Gasteiger partial charge is 0.330 e. The van der Waals surface area contributed by atoms with Gasteiger partial charge in [0.1, 0.15) is 11.9 Å². The topological polar surface area (TPSA) is 61.8 Å². The van der Waals surface area contributed by atoms with Crippen molar-refractivity contribution in [3.8, 4) is 5.75 Å². The Morgan fingerprint density at radius 1 is 1.23 bits per heavy atom. The van der Waals surface area contributed by atoms with Crippen molar-refractivity contribution in [3.63, 3.8) is 0 Å². The second kappa shape index (κ2) is 8.22. The fraction of sp³-hybridized carbons (Fsp3) is 0.412. The number of carbonyl (C=O) groups excluding carboxylic acids is 2. The molecule has 1 rings (SSSR count). The number of methoxy groups -OCH3 is 2. The van der Waals surface area contributed by atoms with Gasteiger partial charge in [-0.2, -0.15) is 0 Å². The number of ether oxygens (including phenoxy) is 3. The number of hydrogen-bond acceptors (Lipinski definition) is 5. The minimum absolute atomic E-state index is 0.257.